The Kier molecular flexibility index (Phi) is 14.1. The Morgan fingerprint density at radius 2 is 1.46 bits per heavy atom. The molecule has 0 saturated heterocycles. The third-order valence-electron chi connectivity index (χ3n) is 4.11. The third-order valence-corrected chi connectivity index (χ3v) is 4.11. The summed E-state index contributed by atoms with van der Waals surface area (Å²) >= 11 is 0. The molecule has 28 heavy (non-hydrogen) atoms. The van der Waals surface area contributed by atoms with Crippen molar-refractivity contribution < 1.29 is 0 Å². The van der Waals surface area contributed by atoms with Crippen LogP contribution in [0.15, 0.2) is 74.0 Å². The molecule has 0 spiro atoms. The van der Waals surface area contributed by atoms with Gasteiger partial charge in [0.2, 0.25) is 0 Å². The van der Waals surface area contributed by atoms with Crippen LogP contribution < -0.4 is 5.32 Å². The van der Waals surface area contributed by atoms with Crippen molar-refractivity contribution in [3.63, 3.8) is 0 Å². The van der Waals surface area contributed by atoms with Gasteiger partial charge in [-0.3, -0.25) is 0 Å². The zero-order valence-electron chi connectivity index (χ0n) is 18.6. The van der Waals surface area contributed by atoms with Crippen LogP contribution in [0.3, 0.4) is 0 Å². The average Bonchev–Trinajstić information content (AvgIpc) is 2.71. The zero-order chi connectivity index (χ0) is 21.4. The summed E-state index contributed by atoms with van der Waals surface area (Å²) in [4.78, 5) is 0. The van der Waals surface area contributed by atoms with Gasteiger partial charge in [0.1, 0.15) is 0 Å². The van der Waals surface area contributed by atoms with E-state index in [9.17, 15) is 0 Å². The van der Waals surface area contributed by atoms with Crippen molar-refractivity contribution in [2.75, 3.05) is 6.54 Å². The van der Waals surface area contributed by atoms with Gasteiger partial charge in [0.15, 0.2) is 0 Å². The maximum Gasteiger partial charge on any atom is 0.0184 e. The van der Waals surface area contributed by atoms with Crippen molar-refractivity contribution in [1.82, 2.24) is 5.32 Å². The number of hydrogen-bond acceptors (Lipinski definition) is 1. The first kappa shape index (κ1) is 25.5. The van der Waals surface area contributed by atoms with E-state index in [1.807, 2.05) is 13.8 Å². The SMILES string of the molecule is C=C.C=C(CC(C)C)NCCc1ccccc1/C=C\c1ccccc1C.CC. The van der Waals surface area contributed by atoms with Gasteiger partial charge < -0.3 is 5.32 Å². The molecular weight excluding hydrogens is 338 g/mol. The predicted molar refractivity (Wildman–Crippen MR) is 129 cm³/mol. The van der Waals surface area contributed by atoms with E-state index in [0.29, 0.717) is 5.92 Å². The number of hydrogen-bond donors (Lipinski definition) is 1. The smallest absolute Gasteiger partial charge is 0.0184 e. The van der Waals surface area contributed by atoms with Gasteiger partial charge in [0.25, 0.3) is 0 Å². The molecule has 0 aromatic heterocycles. The van der Waals surface area contributed by atoms with E-state index in [2.05, 4.69) is 107 Å². The predicted octanol–water partition coefficient (Wildman–Crippen LogP) is 7.69. The summed E-state index contributed by atoms with van der Waals surface area (Å²) in [5, 5.41) is 3.45. The molecule has 0 saturated carbocycles. The lowest BCUT2D eigenvalue weighted by atomic mass is 10.0. The minimum absolute atomic E-state index is 0.648. The maximum absolute atomic E-state index is 4.11. The van der Waals surface area contributed by atoms with Crippen molar-refractivity contribution in [2.24, 2.45) is 5.92 Å². The molecule has 2 rings (SSSR count). The lowest BCUT2D eigenvalue weighted by Gasteiger charge is -2.12. The molecule has 2 aromatic carbocycles. The van der Waals surface area contributed by atoms with E-state index in [1.165, 1.54) is 22.3 Å². The highest BCUT2D eigenvalue weighted by molar-refractivity contribution is 5.72. The van der Waals surface area contributed by atoms with Crippen LogP contribution in [0.2, 0.25) is 0 Å². The number of allylic oxidation sites excluding steroid dienone is 1. The minimum atomic E-state index is 0.648. The molecule has 1 nitrogen and oxygen atoms in total. The van der Waals surface area contributed by atoms with Gasteiger partial charge >= 0.3 is 0 Å². The van der Waals surface area contributed by atoms with Gasteiger partial charge in [-0.05, 0) is 47.9 Å². The molecule has 2 aromatic rings. The summed E-state index contributed by atoms with van der Waals surface area (Å²) in [7, 11) is 0. The Labute approximate surface area is 173 Å². The summed E-state index contributed by atoms with van der Waals surface area (Å²) < 4.78 is 0. The van der Waals surface area contributed by atoms with Gasteiger partial charge in [0.05, 0.1) is 0 Å². The van der Waals surface area contributed by atoms with Crippen LogP contribution in [0.25, 0.3) is 12.2 Å². The fourth-order valence-corrected chi connectivity index (χ4v) is 2.82. The molecule has 1 N–H and O–H groups in total. The Morgan fingerprint density at radius 1 is 0.929 bits per heavy atom. The highest BCUT2D eigenvalue weighted by atomic mass is 14.9. The van der Waals surface area contributed by atoms with Crippen LogP contribution in [0.1, 0.15) is 56.4 Å². The zero-order valence-corrected chi connectivity index (χ0v) is 18.6. The fourth-order valence-electron chi connectivity index (χ4n) is 2.82. The summed E-state index contributed by atoms with van der Waals surface area (Å²) in [6.07, 6.45) is 6.47. The second-order valence-electron chi connectivity index (χ2n) is 6.77. The summed E-state index contributed by atoms with van der Waals surface area (Å²) in [5.74, 6) is 0.648. The third kappa shape index (κ3) is 9.97. The van der Waals surface area contributed by atoms with Crippen molar-refractivity contribution >= 4 is 12.2 Å². The molecule has 0 fully saturated rings. The van der Waals surface area contributed by atoms with Crippen LogP contribution in [-0.2, 0) is 6.42 Å². The molecule has 1 heteroatoms. The maximum atomic E-state index is 4.11. The summed E-state index contributed by atoms with van der Waals surface area (Å²) in [6, 6.07) is 17.1. The molecule has 0 aliphatic rings. The first-order valence-corrected chi connectivity index (χ1v) is 10.3. The number of nitrogens with one attached hydrogen (secondary N) is 1. The first-order valence-electron chi connectivity index (χ1n) is 10.3. The second-order valence-corrected chi connectivity index (χ2v) is 6.77. The topological polar surface area (TPSA) is 12.0 Å². The van der Waals surface area contributed by atoms with Gasteiger partial charge in [-0.15, -0.1) is 13.2 Å². The highest BCUT2D eigenvalue weighted by Crippen LogP contribution is 2.16. The Morgan fingerprint density at radius 3 is 2.07 bits per heavy atom. The van der Waals surface area contributed by atoms with Gasteiger partial charge in [0, 0.05) is 12.2 Å². The van der Waals surface area contributed by atoms with Crippen LogP contribution in [0.5, 0.6) is 0 Å². The van der Waals surface area contributed by atoms with E-state index < -0.39 is 0 Å². The Balaban J connectivity index is 0.00000171. The molecule has 0 heterocycles. The van der Waals surface area contributed by atoms with Crippen molar-refractivity contribution in [3.8, 4) is 0 Å². The number of aryl methyl sites for hydroxylation is 1. The van der Waals surface area contributed by atoms with Crippen molar-refractivity contribution in [2.45, 2.75) is 47.5 Å². The van der Waals surface area contributed by atoms with E-state index in [-0.39, 0.29) is 0 Å². The molecule has 0 aliphatic carbocycles. The Bertz CT molecular complexity index is 710. The molecule has 0 aliphatic heterocycles. The largest absolute Gasteiger partial charge is 0.388 e. The first-order chi connectivity index (χ1) is 13.6. The van der Waals surface area contributed by atoms with Crippen LogP contribution in [0, 0.1) is 12.8 Å². The van der Waals surface area contributed by atoms with Crippen molar-refractivity contribution in [1.29, 1.82) is 0 Å². The highest BCUT2D eigenvalue weighted by Gasteiger charge is 2.01. The molecule has 0 amide bonds. The van der Waals surface area contributed by atoms with Gasteiger partial charge in [-0.2, -0.15) is 0 Å². The Hall–Kier alpha value is -2.54. The van der Waals surface area contributed by atoms with E-state index >= 15 is 0 Å². The molecule has 0 bridgehead atoms. The molecule has 0 unspecified atom stereocenters. The quantitative estimate of drug-likeness (QED) is 0.367. The van der Waals surface area contributed by atoms with Gasteiger partial charge in [-0.1, -0.05) is 95.0 Å². The molecule has 0 radical (unpaired) electrons. The van der Waals surface area contributed by atoms with E-state index in [0.717, 1.165) is 25.1 Å². The van der Waals surface area contributed by atoms with Crippen LogP contribution >= 0.6 is 0 Å². The molecule has 0 atom stereocenters. The molecular formula is C27H39N. The number of benzene rings is 2. The monoisotopic (exact) mass is 377 g/mol. The normalized spacial score (nSPS) is 9.93. The van der Waals surface area contributed by atoms with Crippen LogP contribution in [-0.4, -0.2) is 6.54 Å². The molecule has 152 valence electrons. The summed E-state index contributed by atoms with van der Waals surface area (Å²) in [5.41, 5.74) is 6.37. The van der Waals surface area contributed by atoms with E-state index in [1.54, 1.807) is 0 Å². The van der Waals surface area contributed by atoms with Gasteiger partial charge in [-0.25, -0.2) is 0 Å². The summed E-state index contributed by atoms with van der Waals surface area (Å²) in [6.45, 7) is 21.6. The number of rotatable bonds is 8. The standard InChI is InChI=1S/C23H29N.C2H6.C2H4/c1-18(2)17-20(4)24-16-15-23-12-8-7-11-22(23)14-13-21-10-6-5-9-19(21)3;2*1-2/h5-14,18,24H,4,15-17H2,1-3H3;1-2H3;1-2H2/b14-13-;;. The lowest BCUT2D eigenvalue weighted by Crippen LogP contribution is -2.17. The van der Waals surface area contributed by atoms with Crippen LogP contribution in [0.4, 0.5) is 0 Å². The second kappa shape index (κ2) is 15.5. The van der Waals surface area contributed by atoms with E-state index in [4.69, 9.17) is 0 Å². The minimum Gasteiger partial charge on any atom is -0.388 e. The average molecular weight is 378 g/mol. The lowest BCUT2D eigenvalue weighted by molar-refractivity contribution is 0.603. The fraction of sp³-hybridized carbons (Fsp3) is 0.333. The van der Waals surface area contributed by atoms with Crippen molar-refractivity contribution in [3.05, 3.63) is 96.2 Å².